The van der Waals surface area contributed by atoms with Gasteiger partial charge >= 0.3 is 5.97 Å². The van der Waals surface area contributed by atoms with Crippen molar-refractivity contribution in [3.8, 4) is 11.5 Å². The van der Waals surface area contributed by atoms with Gasteiger partial charge in [0.15, 0.2) is 12.3 Å². The Labute approximate surface area is 165 Å². The first-order valence-corrected chi connectivity index (χ1v) is 8.60. The van der Waals surface area contributed by atoms with Gasteiger partial charge in [-0.05, 0) is 37.6 Å². The average Bonchev–Trinajstić information content (AvgIpc) is 3.10. The number of amides is 1. The molecular formula is C20H17N3O6. The summed E-state index contributed by atoms with van der Waals surface area (Å²) in [7, 11) is 0. The standard InChI is InChI=1S/C20H17N3O6/c1-12-10-15(23(26)27)8-9-16(12)21-17(24)11-28-20(25)18-13(2)29-19(22-18)14-6-4-3-5-7-14/h3-10H,11H2,1-2H3,(H,21,24). The Balaban J connectivity index is 1.62. The highest BCUT2D eigenvalue weighted by atomic mass is 16.6. The number of oxazole rings is 1. The number of ether oxygens (including phenoxy) is 1. The van der Waals surface area contributed by atoms with Crippen molar-refractivity contribution < 1.29 is 23.7 Å². The summed E-state index contributed by atoms with van der Waals surface area (Å²) < 4.78 is 10.5. The maximum atomic E-state index is 12.3. The van der Waals surface area contributed by atoms with E-state index in [1.54, 1.807) is 26.0 Å². The molecular weight excluding hydrogens is 378 g/mol. The first kappa shape index (κ1) is 19.7. The summed E-state index contributed by atoms with van der Waals surface area (Å²) in [6.45, 7) is 2.66. The second-order valence-corrected chi connectivity index (χ2v) is 6.17. The largest absolute Gasteiger partial charge is 0.451 e. The quantitative estimate of drug-likeness (QED) is 0.383. The number of hydrogen-bond acceptors (Lipinski definition) is 7. The summed E-state index contributed by atoms with van der Waals surface area (Å²) in [5.41, 5.74) is 1.52. The molecule has 2 aromatic carbocycles. The van der Waals surface area contributed by atoms with Crippen LogP contribution in [0.25, 0.3) is 11.5 Å². The zero-order valence-electron chi connectivity index (χ0n) is 15.7. The Bertz CT molecular complexity index is 1080. The van der Waals surface area contributed by atoms with E-state index in [1.165, 1.54) is 18.2 Å². The van der Waals surface area contributed by atoms with Gasteiger partial charge in [0.25, 0.3) is 11.6 Å². The number of aryl methyl sites for hydroxylation is 2. The number of carbonyl (C=O) groups excluding carboxylic acids is 2. The van der Waals surface area contributed by atoms with E-state index in [0.717, 1.165) is 0 Å². The second-order valence-electron chi connectivity index (χ2n) is 6.17. The van der Waals surface area contributed by atoms with Gasteiger partial charge in [-0.1, -0.05) is 18.2 Å². The van der Waals surface area contributed by atoms with Crippen LogP contribution in [0.15, 0.2) is 52.9 Å². The molecule has 3 rings (SSSR count). The number of aromatic nitrogens is 1. The molecule has 1 N–H and O–H groups in total. The van der Waals surface area contributed by atoms with E-state index >= 15 is 0 Å². The SMILES string of the molecule is Cc1cc([N+](=O)[O-])ccc1NC(=O)COC(=O)c1nc(-c2ccccc2)oc1C. The number of nitro groups is 1. The number of nitrogens with zero attached hydrogens (tertiary/aromatic N) is 2. The summed E-state index contributed by atoms with van der Waals surface area (Å²) in [6.07, 6.45) is 0. The Morgan fingerprint density at radius 3 is 2.55 bits per heavy atom. The van der Waals surface area contributed by atoms with Crippen molar-refractivity contribution in [1.29, 1.82) is 0 Å². The van der Waals surface area contributed by atoms with Crippen LogP contribution in [0.2, 0.25) is 0 Å². The van der Waals surface area contributed by atoms with Gasteiger partial charge in [0, 0.05) is 23.4 Å². The predicted molar refractivity (Wildman–Crippen MR) is 103 cm³/mol. The van der Waals surface area contributed by atoms with Crippen molar-refractivity contribution >= 4 is 23.3 Å². The molecule has 1 aromatic heterocycles. The number of carbonyl (C=O) groups is 2. The fraction of sp³-hybridized carbons (Fsp3) is 0.150. The minimum atomic E-state index is -0.788. The van der Waals surface area contributed by atoms with Crippen molar-refractivity contribution in [3.05, 3.63) is 75.7 Å². The van der Waals surface area contributed by atoms with Crippen LogP contribution < -0.4 is 5.32 Å². The Kier molecular flexibility index (Phi) is 5.68. The number of non-ortho nitro benzene ring substituents is 1. The highest BCUT2D eigenvalue weighted by molar-refractivity contribution is 5.95. The molecule has 0 fully saturated rings. The van der Waals surface area contributed by atoms with Gasteiger partial charge in [0.2, 0.25) is 5.89 Å². The second kappa shape index (κ2) is 8.34. The van der Waals surface area contributed by atoms with Gasteiger partial charge in [0.1, 0.15) is 5.76 Å². The summed E-state index contributed by atoms with van der Waals surface area (Å²) >= 11 is 0. The van der Waals surface area contributed by atoms with Crippen molar-refractivity contribution in [3.63, 3.8) is 0 Å². The molecule has 9 nitrogen and oxygen atoms in total. The molecule has 9 heteroatoms. The molecule has 0 aliphatic carbocycles. The lowest BCUT2D eigenvalue weighted by Crippen LogP contribution is -2.21. The topological polar surface area (TPSA) is 125 Å². The third-order valence-corrected chi connectivity index (χ3v) is 4.04. The normalized spacial score (nSPS) is 10.4. The molecule has 0 bridgehead atoms. The van der Waals surface area contributed by atoms with Crippen molar-refractivity contribution in [2.75, 3.05) is 11.9 Å². The van der Waals surface area contributed by atoms with Crippen LogP contribution in [0, 0.1) is 24.0 Å². The molecule has 0 aliphatic rings. The molecule has 148 valence electrons. The summed E-state index contributed by atoms with van der Waals surface area (Å²) in [6, 6.07) is 13.1. The lowest BCUT2D eigenvalue weighted by Gasteiger charge is -2.08. The fourth-order valence-corrected chi connectivity index (χ4v) is 2.58. The lowest BCUT2D eigenvalue weighted by atomic mass is 10.2. The molecule has 3 aromatic rings. The lowest BCUT2D eigenvalue weighted by molar-refractivity contribution is -0.384. The Hall–Kier alpha value is -4.01. The molecule has 0 spiro atoms. The maximum absolute atomic E-state index is 12.3. The molecule has 0 saturated carbocycles. The van der Waals surface area contributed by atoms with E-state index in [-0.39, 0.29) is 23.0 Å². The van der Waals surface area contributed by atoms with E-state index < -0.39 is 23.4 Å². The van der Waals surface area contributed by atoms with Gasteiger partial charge in [-0.3, -0.25) is 14.9 Å². The zero-order chi connectivity index (χ0) is 21.0. The van der Waals surface area contributed by atoms with Crippen LogP contribution >= 0.6 is 0 Å². The molecule has 1 amide bonds. The zero-order valence-corrected chi connectivity index (χ0v) is 15.7. The van der Waals surface area contributed by atoms with Crippen molar-refractivity contribution in [2.45, 2.75) is 13.8 Å². The molecule has 0 aliphatic heterocycles. The number of esters is 1. The predicted octanol–water partition coefficient (Wildman–Crippen LogP) is 3.66. The number of anilines is 1. The van der Waals surface area contributed by atoms with Gasteiger partial charge in [-0.2, -0.15) is 0 Å². The van der Waals surface area contributed by atoms with Gasteiger partial charge in [-0.15, -0.1) is 0 Å². The van der Waals surface area contributed by atoms with E-state index in [1.807, 2.05) is 18.2 Å². The van der Waals surface area contributed by atoms with Gasteiger partial charge < -0.3 is 14.5 Å². The number of benzene rings is 2. The number of nitrogens with one attached hydrogen (secondary N) is 1. The third kappa shape index (κ3) is 4.64. The van der Waals surface area contributed by atoms with Crippen molar-refractivity contribution in [2.24, 2.45) is 0 Å². The average molecular weight is 395 g/mol. The first-order chi connectivity index (χ1) is 13.8. The Morgan fingerprint density at radius 1 is 1.17 bits per heavy atom. The third-order valence-electron chi connectivity index (χ3n) is 4.04. The molecule has 0 saturated heterocycles. The maximum Gasteiger partial charge on any atom is 0.361 e. The van der Waals surface area contributed by atoms with E-state index in [0.29, 0.717) is 16.8 Å². The molecule has 29 heavy (non-hydrogen) atoms. The van der Waals surface area contributed by atoms with Crippen LogP contribution in [0.5, 0.6) is 0 Å². The molecule has 1 heterocycles. The highest BCUT2D eigenvalue weighted by Gasteiger charge is 2.20. The summed E-state index contributed by atoms with van der Waals surface area (Å²) in [5.74, 6) is -0.815. The minimum absolute atomic E-state index is 0.0110. The Morgan fingerprint density at radius 2 is 1.90 bits per heavy atom. The number of hydrogen-bond donors (Lipinski definition) is 1. The van der Waals surface area contributed by atoms with Gasteiger partial charge in [-0.25, -0.2) is 9.78 Å². The minimum Gasteiger partial charge on any atom is -0.451 e. The van der Waals surface area contributed by atoms with E-state index in [2.05, 4.69) is 10.3 Å². The molecule has 0 radical (unpaired) electrons. The summed E-state index contributed by atoms with van der Waals surface area (Å²) in [4.78, 5) is 38.7. The van der Waals surface area contributed by atoms with Crippen molar-refractivity contribution in [1.82, 2.24) is 4.98 Å². The van der Waals surface area contributed by atoms with Crippen LogP contribution in [-0.4, -0.2) is 28.4 Å². The van der Waals surface area contributed by atoms with Gasteiger partial charge in [0.05, 0.1) is 4.92 Å². The van der Waals surface area contributed by atoms with Crippen LogP contribution in [0.4, 0.5) is 11.4 Å². The monoisotopic (exact) mass is 395 g/mol. The highest BCUT2D eigenvalue weighted by Crippen LogP contribution is 2.22. The smallest absolute Gasteiger partial charge is 0.361 e. The molecule has 0 atom stereocenters. The summed E-state index contributed by atoms with van der Waals surface area (Å²) in [5, 5.41) is 13.3. The van der Waals surface area contributed by atoms with Crippen LogP contribution in [0.1, 0.15) is 21.8 Å². The number of rotatable bonds is 6. The fourth-order valence-electron chi connectivity index (χ4n) is 2.58. The number of nitro benzene ring substituents is 1. The van der Waals surface area contributed by atoms with E-state index in [9.17, 15) is 19.7 Å². The molecule has 0 unspecified atom stereocenters. The first-order valence-electron chi connectivity index (χ1n) is 8.60. The van der Waals surface area contributed by atoms with E-state index in [4.69, 9.17) is 9.15 Å². The van der Waals surface area contributed by atoms with Crippen LogP contribution in [0.3, 0.4) is 0 Å². The van der Waals surface area contributed by atoms with Crippen LogP contribution in [-0.2, 0) is 9.53 Å².